The van der Waals surface area contributed by atoms with Crippen LogP contribution in [0.5, 0.6) is 0 Å². The van der Waals surface area contributed by atoms with Crippen LogP contribution in [0.4, 0.5) is 0 Å². The number of carbonyl (C=O) groups excluding carboxylic acids is 1. The highest BCUT2D eigenvalue weighted by molar-refractivity contribution is 7.94. The number of aromatic nitrogens is 2. The molecule has 0 radical (unpaired) electrons. The van der Waals surface area contributed by atoms with Gasteiger partial charge in [-0.3, -0.25) is 14.8 Å². The summed E-state index contributed by atoms with van der Waals surface area (Å²) >= 11 is 3.11. The van der Waals surface area contributed by atoms with Crippen molar-refractivity contribution in [2.75, 3.05) is 0 Å². The fourth-order valence-electron chi connectivity index (χ4n) is 0.253. The number of thiol groups is 1. The highest BCUT2D eigenvalue weighted by Gasteiger charge is 1.59. The van der Waals surface area contributed by atoms with Crippen LogP contribution in [0, 0.1) is 0 Å². The van der Waals surface area contributed by atoms with E-state index in [1.807, 2.05) is 0 Å². The molecule has 0 aliphatic heterocycles. The summed E-state index contributed by atoms with van der Waals surface area (Å²) in [4.78, 5) is 16.1. The molecule has 0 amide bonds. The van der Waals surface area contributed by atoms with Crippen molar-refractivity contribution in [3.05, 3.63) is 24.8 Å². The molecule has 0 aliphatic carbocycles. The Morgan fingerprint density at radius 2 is 1.33 bits per heavy atom. The van der Waals surface area contributed by atoms with Gasteiger partial charge in [-0.15, -0.1) is 12.6 Å². The normalized spacial score (nSPS) is 6.78. The Balaban J connectivity index is 0.000000187. The zero-order chi connectivity index (χ0) is 6.95. The Bertz CT molecular complexity index is 118. The van der Waals surface area contributed by atoms with Crippen molar-refractivity contribution >= 4 is 18.2 Å². The molecule has 0 fully saturated rings. The third-order valence-corrected chi connectivity index (χ3v) is 0.478. The smallest absolute Gasteiger partial charge is 0.173 e. The number of nitrogens with zero attached hydrogens (tertiary/aromatic N) is 2. The topological polar surface area (TPSA) is 42.9 Å². The monoisotopic (exact) mass is 142 g/mol. The first-order chi connectivity index (χ1) is 4.41. The van der Waals surface area contributed by atoms with E-state index in [1.54, 1.807) is 24.8 Å². The van der Waals surface area contributed by atoms with E-state index in [0.29, 0.717) is 5.62 Å². The van der Waals surface area contributed by atoms with E-state index in [-0.39, 0.29) is 0 Å². The summed E-state index contributed by atoms with van der Waals surface area (Å²) < 4.78 is 0. The summed E-state index contributed by atoms with van der Waals surface area (Å²) in [7, 11) is 0. The summed E-state index contributed by atoms with van der Waals surface area (Å²) in [5, 5.41) is 0. The Morgan fingerprint density at radius 3 is 1.44 bits per heavy atom. The molecule has 4 heteroatoms. The molecule has 0 aliphatic rings. The lowest BCUT2D eigenvalue weighted by Gasteiger charge is -1.70. The van der Waals surface area contributed by atoms with Gasteiger partial charge in [-0.25, -0.2) is 0 Å². The van der Waals surface area contributed by atoms with Crippen molar-refractivity contribution in [2.24, 2.45) is 0 Å². The van der Waals surface area contributed by atoms with Crippen LogP contribution in [0.3, 0.4) is 0 Å². The second kappa shape index (κ2) is 7.10. The Hall–Kier alpha value is -0.900. The lowest BCUT2D eigenvalue weighted by Crippen LogP contribution is -1.66. The fourth-order valence-corrected chi connectivity index (χ4v) is 0.253. The fraction of sp³-hybridized carbons (Fsp3) is 0. The van der Waals surface area contributed by atoms with E-state index in [9.17, 15) is 0 Å². The van der Waals surface area contributed by atoms with Crippen molar-refractivity contribution in [3.63, 3.8) is 0 Å². The minimum atomic E-state index is 0.444. The summed E-state index contributed by atoms with van der Waals surface area (Å²) in [5.74, 6) is 0. The van der Waals surface area contributed by atoms with Crippen LogP contribution in [-0.4, -0.2) is 15.6 Å². The van der Waals surface area contributed by atoms with E-state index in [1.165, 1.54) is 0 Å². The standard InChI is InChI=1S/C4H4N2.CH2OS/c1-2-6-4-3-5-1;2-1-3/h1-4H;1H,(H,2,3). The SMILES string of the molecule is O=CS.c1cnccn1. The van der Waals surface area contributed by atoms with Gasteiger partial charge in [0.05, 0.1) is 0 Å². The van der Waals surface area contributed by atoms with Crippen molar-refractivity contribution in [2.45, 2.75) is 0 Å². The van der Waals surface area contributed by atoms with Gasteiger partial charge in [-0.1, -0.05) is 0 Å². The van der Waals surface area contributed by atoms with Crippen molar-refractivity contribution < 1.29 is 4.79 Å². The highest BCUT2D eigenvalue weighted by atomic mass is 32.1. The third-order valence-electron chi connectivity index (χ3n) is 0.478. The predicted molar refractivity (Wildman–Crippen MR) is 37.8 cm³/mol. The van der Waals surface area contributed by atoms with Gasteiger partial charge in [0.25, 0.3) is 0 Å². The van der Waals surface area contributed by atoms with Gasteiger partial charge in [-0.2, -0.15) is 0 Å². The van der Waals surface area contributed by atoms with Gasteiger partial charge in [0.2, 0.25) is 0 Å². The summed E-state index contributed by atoms with van der Waals surface area (Å²) in [6.45, 7) is 0. The summed E-state index contributed by atoms with van der Waals surface area (Å²) in [5.41, 5.74) is 0.444. The van der Waals surface area contributed by atoms with Gasteiger partial charge in [-0.05, 0) is 0 Å². The van der Waals surface area contributed by atoms with Crippen LogP contribution in [-0.2, 0) is 4.79 Å². The molecule has 1 aromatic heterocycles. The molecule has 1 aromatic rings. The molecule has 0 N–H and O–H groups in total. The molecule has 3 nitrogen and oxygen atoms in total. The van der Waals surface area contributed by atoms with E-state index >= 15 is 0 Å². The first kappa shape index (κ1) is 8.10. The maximum atomic E-state index is 8.67. The quantitative estimate of drug-likeness (QED) is 0.425. The summed E-state index contributed by atoms with van der Waals surface area (Å²) in [6, 6.07) is 0. The maximum absolute atomic E-state index is 8.67. The zero-order valence-corrected chi connectivity index (χ0v) is 5.53. The average molecular weight is 142 g/mol. The molecule has 0 aromatic carbocycles. The molecule has 0 spiro atoms. The molecule has 1 heterocycles. The van der Waals surface area contributed by atoms with E-state index < -0.39 is 0 Å². The van der Waals surface area contributed by atoms with Crippen molar-refractivity contribution in [1.82, 2.24) is 9.97 Å². The minimum absolute atomic E-state index is 0.444. The van der Waals surface area contributed by atoms with Gasteiger partial charge in [0.1, 0.15) is 0 Å². The molecule has 9 heavy (non-hydrogen) atoms. The maximum Gasteiger partial charge on any atom is 0.173 e. The minimum Gasteiger partial charge on any atom is -0.291 e. The molecule has 1 rings (SSSR count). The van der Waals surface area contributed by atoms with Crippen LogP contribution in [0.25, 0.3) is 0 Å². The Kier molecular flexibility index (Phi) is 6.39. The van der Waals surface area contributed by atoms with Crippen LogP contribution < -0.4 is 0 Å². The first-order valence-electron chi connectivity index (χ1n) is 2.19. The van der Waals surface area contributed by atoms with Gasteiger partial charge >= 0.3 is 0 Å². The van der Waals surface area contributed by atoms with Gasteiger partial charge in [0, 0.05) is 24.8 Å². The molecule has 0 bridgehead atoms. The second-order valence-electron chi connectivity index (χ2n) is 1.000. The highest BCUT2D eigenvalue weighted by Crippen LogP contribution is 1.65. The largest absolute Gasteiger partial charge is 0.291 e. The molecular weight excluding hydrogens is 136 g/mol. The predicted octanol–water partition coefficient (Wildman–Crippen LogP) is 0.583. The lowest BCUT2D eigenvalue weighted by atomic mass is 10.8. The Morgan fingerprint density at radius 1 is 1.11 bits per heavy atom. The van der Waals surface area contributed by atoms with E-state index in [4.69, 9.17) is 4.79 Å². The molecule has 0 atom stereocenters. The summed E-state index contributed by atoms with van der Waals surface area (Å²) in [6.07, 6.45) is 6.56. The van der Waals surface area contributed by atoms with Crippen molar-refractivity contribution in [1.29, 1.82) is 0 Å². The Labute approximate surface area is 58.6 Å². The van der Waals surface area contributed by atoms with Crippen LogP contribution in [0.1, 0.15) is 0 Å². The number of carbonyl (C=O) groups is 1. The molecule has 0 saturated heterocycles. The van der Waals surface area contributed by atoms with Crippen LogP contribution >= 0.6 is 12.6 Å². The van der Waals surface area contributed by atoms with Crippen LogP contribution in [0.15, 0.2) is 24.8 Å². The first-order valence-corrected chi connectivity index (χ1v) is 2.71. The number of hydrogen-bond acceptors (Lipinski definition) is 3. The third kappa shape index (κ3) is 7.10. The molecular formula is C5H6N2OS. The van der Waals surface area contributed by atoms with Gasteiger partial charge < -0.3 is 0 Å². The average Bonchev–Trinajstić information content (AvgIpc) is 1.93. The lowest BCUT2D eigenvalue weighted by molar-refractivity contribution is 0.570. The molecule has 48 valence electrons. The molecule has 0 saturated carbocycles. The van der Waals surface area contributed by atoms with Crippen LogP contribution in [0.2, 0.25) is 0 Å². The van der Waals surface area contributed by atoms with E-state index in [0.717, 1.165) is 0 Å². The molecule has 0 unspecified atom stereocenters. The number of rotatable bonds is 0. The van der Waals surface area contributed by atoms with E-state index in [2.05, 4.69) is 22.6 Å². The second-order valence-corrected chi connectivity index (χ2v) is 1.21. The van der Waals surface area contributed by atoms with Gasteiger partial charge in [0.15, 0.2) is 5.62 Å². The van der Waals surface area contributed by atoms with Crippen molar-refractivity contribution in [3.8, 4) is 0 Å². The number of hydrogen-bond donors (Lipinski definition) is 1. The zero-order valence-electron chi connectivity index (χ0n) is 4.64.